The lowest BCUT2D eigenvalue weighted by atomic mass is 10.0. The summed E-state index contributed by atoms with van der Waals surface area (Å²) in [7, 11) is 0. The van der Waals surface area contributed by atoms with Crippen LogP contribution in [-0.4, -0.2) is 11.1 Å². The van der Waals surface area contributed by atoms with Crippen LogP contribution < -0.4 is 9.47 Å². The number of aromatic carboxylic acids is 1. The van der Waals surface area contributed by atoms with Crippen LogP contribution in [0.3, 0.4) is 0 Å². The summed E-state index contributed by atoms with van der Waals surface area (Å²) in [6, 6.07) is 20.9. The van der Waals surface area contributed by atoms with Gasteiger partial charge in [-0.2, -0.15) is 0 Å². The van der Waals surface area contributed by atoms with Crippen LogP contribution in [0.4, 0.5) is 0 Å². The monoisotopic (exact) mass is 392 g/mol. The molecule has 29 heavy (non-hydrogen) atoms. The van der Waals surface area contributed by atoms with Gasteiger partial charge in [0.2, 0.25) is 0 Å². The molecule has 0 spiro atoms. The molecular weight excluding hydrogens is 364 g/mol. The van der Waals surface area contributed by atoms with Crippen LogP contribution in [0.2, 0.25) is 0 Å². The maximum absolute atomic E-state index is 11.5. The first-order valence-electron chi connectivity index (χ1n) is 9.76. The Morgan fingerprint density at radius 3 is 1.90 bits per heavy atom. The van der Waals surface area contributed by atoms with E-state index in [1.54, 1.807) is 19.1 Å². The number of carboxylic acid groups (broad SMARTS) is 1. The molecule has 0 amide bonds. The zero-order valence-electron chi connectivity index (χ0n) is 17.4. The molecule has 0 fully saturated rings. The number of benzene rings is 3. The lowest BCUT2D eigenvalue weighted by Gasteiger charge is -2.12. The van der Waals surface area contributed by atoms with Gasteiger partial charge in [0.1, 0.15) is 24.7 Å². The molecule has 0 saturated carbocycles. The maximum atomic E-state index is 11.5. The average molecular weight is 392 g/mol. The number of carboxylic acids is 1. The Kier molecular flexibility index (Phi) is 8.28. The second-order valence-electron chi connectivity index (χ2n) is 6.39. The minimum Gasteiger partial charge on any atom is -0.489 e. The first-order chi connectivity index (χ1) is 14.0. The highest BCUT2D eigenvalue weighted by Gasteiger charge is 2.13. The minimum atomic E-state index is -0.943. The number of carbonyl (C=O) groups is 1. The fraction of sp³-hybridized carbons (Fsp3) is 0.240. The third-order valence-electron chi connectivity index (χ3n) is 4.43. The van der Waals surface area contributed by atoms with Crippen molar-refractivity contribution in [2.24, 2.45) is 0 Å². The summed E-state index contributed by atoms with van der Waals surface area (Å²) in [5.74, 6) is 0.399. The Hall–Kier alpha value is -3.27. The van der Waals surface area contributed by atoms with E-state index in [-0.39, 0.29) is 6.61 Å². The molecule has 0 aromatic heterocycles. The highest BCUT2D eigenvalue weighted by Crippen LogP contribution is 2.23. The van der Waals surface area contributed by atoms with Gasteiger partial charge in [0.25, 0.3) is 0 Å². The van der Waals surface area contributed by atoms with E-state index >= 15 is 0 Å². The quantitative estimate of drug-likeness (QED) is 0.521. The molecule has 0 aliphatic carbocycles. The molecule has 0 saturated heterocycles. The number of hydrogen-bond donors (Lipinski definition) is 1. The third kappa shape index (κ3) is 6.11. The van der Waals surface area contributed by atoms with Crippen molar-refractivity contribution in [3.8, 4) is 11.5 Å². The molecule has 4 nitrogen and oxygen atoms in total. The molecule has 152 valence electrons. The smallest absolute Gasteiger partial charge is 0.336 e. The second kappa shape index (κ2) is 10.9. The summed E-state index contributed by atoms with van der Waals surface area (Å²) in [4.78, 5) is 11.5. The standard InChI is InChI=1S/C23H22O4.C2H6/c1-16-7-3-4-9-18(16)14-26-20-11-6-12-21(13-20)27-15-19-10-5-8-17(2)22(19)23(24)25;1-2/h3-13H,14-15H2,1-2H3,(H,24,25);1-2H3. The minimum absolute atomic E-state index is 0.185. The summed E-state index contributed by atoms with van der Waals surface area (Å²) in [5, 5.41) is 9.41. The molecule has 0 radical (unpaired) electrons. The topological polar surface area (TPSA) is 55.8 Å². The summed E-state index contributed by atoms with van der Waals surface area (Å²) in [6.07, 6.45) is 0. The van der Waals surface area contributed by atoms with Gasteiger partial charge < -0.3 is 14.6 Å². The van der Waals surface area contributed by atoms with Crippen LogP contribution >= 0.6 is 0 Å². The summed E-state index contributed by atoms with van der Waals surface area (Å²) >= 11 is 0. The average Bonchev–Trinajstić information content (AvgIpc) is 2.73. The predicted molar refractivity (Wildman–Crippen MR) is 116 cm³/mol. The molecule has 0 bridgehead atoms. The molecule has 3 aromatic carbocycles. The fourth-order valence-corrected chi connectivity index (χ4v) is 2.90. The van der Waals surface area contributed by atoms with Gasteiger partial charge in [-0.3, -0.25) is 0 Å². The van der Waals surface area contributed by atoms with Crippen LogP contribution in [0.1, 0.15) is 46.5 Å². The highest BCUT2D eigenvalue weighted by atomic mass is 16.5. The van der Waals surface area contributed by atoms with Gasteiger partial charge in [-0.25, -0.2) is 4.79 Å². The fourth-order valence-electron chi connectivity index (χ4n) is 2.90. The Balaban J connectivity index is 0.00000145. The van der Waals surface area contributed by atoms with E-state index in [1.807, 2.05) is 62.4 Å². The van der Waals surface area contributed by atoms with E-state index < -0.39 is 5.97 Å². The molecule has 4 heteroatoms. The predicted octanol–water partition coefficient (Wildman–Crippen LogP) is 6.19. The van der Waals surface area contributed by atoms with Gasteiger partial charge >= 0.3 is 5.97 Å². The van der Waals surface area contributed by atoms with E-state index in [0.717, 1.165) is 11.1 Å². The van der Waals surface area contributed by atoms with Gasteiger partial charge in [-0.15, -0.1) is 0 Å². The molecular formula is C25H28O4. The van der Waals surface area contributed by atoms with Crippen LogP contribution in [0.5, 0.6) is 11.5 Å². The second-order valence-corrected chi connectivity index (χ2v) is 6.39. The van der Waals surface area contributed by atoms with Gasteiger partial charge in [0.15, 0.2) is 0 Å². The molecule has 3 rings (SSSR count). The maximum Gasteiger partial charge on any atom is 0.336 e. The van der Waals surface area contributed by atoms with Crippen molar-refractivity contribution in [1.29, 1.82) is 0 Å². The van der Waals surface area contributed by atoms with Gasteiger partial charge in [-0.05, 0) is 42.7 Å². The third-order valence-corrected chi connectivity index (χ3v) is 4.43. The Labute approximate surface area is 172 Å². The van der Waals surface area contributed by atoms with Gasteiger partial charge in [0.05, 0.1) is 5.56 Å². The van der Waals surface area contributed by atoms with Gasteiger partial charge in [-0.1, -0.05) is 62.4 Å². The lowest BCUT2D eigenvalue weighted by molar-refractivity contribution is 0.0693. The van der Waals surface area contributed by atoms with E-state index in [4.69, 9.17) is 9.47 Å². The Morgan fingerprint density at radius 2 is 1.28 bits per heavy atom. The number of ether oxygens (including phenoxy) is 2. The van der Waals surface area contributed by atoms with E-state index in [1.165, 1.54) is 5.56 Å². The largest absolute Gasteiger partial charge is 0.489 e. The van der Waals surface area contributed by atoms with Crippen LogP contribution in [-0.2, 0) is 13.2 Å². The normalized spacial score (nSPS) is 9.93. The number of rotatable bonds is 7. The summed E-state index contributed by atoms with van der Waals surface area (Å²) < 4.78 is 11.7. The van der Waals surface area contributed by atoms with Crippen LogP contribution in [0.25, 0.3) is 0 Å². The SMILES string of the molecule is CC.Cc1ccccc1COc1cccc(OCc2cccc(C)c2C(=O)O)c1. The van der Waals surface area contributed by atoms with E-state index in [9.17, 15) is 9.90 Å². The lowest BCUT2D eigenvalue weighted by Crippen LogP contribution is -2.08. The summed E-state index contributed by atoms with van der Waals surface area (Å²) in [5.41, 5.74) is 3.98. The zero-order valence-corrected chi connectivity index (χ0v) is 17.4. The van der Waals surface area contributed by atoms with Crippen molar-refractivity contribution in [2.75, 3.05) is 0 Å². The first-order valence-corrected chi connectivity index (χ1v) is 9.76. The van der Waals surface area contributed by atoms with Crippen molar-refractivity contribution < 1.29 is 19.4 Å². The van der Waals surface area contributed by atoms with Crippen molar-refractivity contribution >= 4 is 5.97 Å². The molecule has 0 atom stereocenters. The molecule has 1 N–H and O–H groups in total. The first kappa shape index (κ1) is 22.0. The van der Waals surface area contributed by atoms with Crippen molar-refractivity contribution in [3.63, 3.8) is 0 Å². The Bertz CT molecular complexity index is 947. The van der Waals surface area contributed by atoms with Crippen molar-refractivity contribution in [3.05, 3.63) is 94.5 Å². The Morgan fingerprint density at radius 1 is 0.759 bits per heavy atom. The number of aryl methyl sites for hydroxylation is 2. The molecule has 0 heterocycles. The van der Waals surface area contributed by atoms with E-state index in [0.29, 0.717) is 29.2 Å². The van der Waals surface area contributed by atoms with Crippen LogP contribution in [0.15, 0.2) is 66.7 Å². The van der Waals surface area contributed by atoms with Crippen LogP contribution in [0, 0.1) is 13.8 Å². The summed E-state index contributed by atoms with van der Waals surface area (Å²) in [6.45, 7) is 8.51. The van der Waals surface area contributed by atoms with Crippen molar-refractivity contribution in [2.45, 2.75) is 40.9 Å². The van der Waals surface area contributed by atoms with Crippen molar-refractivity contribution in [1.82, 2.24) is 0 Å². The molecule has 3 aromatic rings. The number of hydrogen-bond acceptors (Lipinski definition) is 3. The molecule has 0 unspecified atom stereocenters. The van der Waals surface area contributed by atoms with Gasteiger partial charge in [0, 0.05) is 11.6 Å². The molecule has 0 aliphatic heterocycles. The van der Waals surface area contributed by atoms with E-state index in [2.05, 4.69) is 13.0 Å². The highest BCUT2D eigenvalue weighted by molar-refractivity contribution is 5.91. The zero-order chi connectivity index (χ0) is 21.2. The molecule has 0 aliphatic rings.